The number of ether oxygens (including phenoxy) is 1. The van der Waals surface area contributed by atoms with Crippen molar-refractivity contribution in [3.05, 3.63) is 64.2 Å². The van der Waals surface area contributed by atoms with Gasteiger partial charge in [-0.15, -0.1) is 11.6 Å². The van der Waals surface area contributed by atoms with Crippen LogP contribution in [0, 0.1) is 13.8 Å². The molecule has 110 valence electrons. The standard InChI is InChI=1S/C19H21ClO/c1-12-7-13(2)9-15(8-12)18(20)14-5-6-17-16(10-14)11-19(3,4)21-17/h5-10,18H,11H2,1-4H3. The Hall–Kier alpha value is -1.47. The summed E-state index contributed by atoms with van der Waals surface area (Å²) in [5.41, 5.74) is 5.95. The smallest absolute Gasteiger partial charge is 0.123 e. The number of rotatable bonds is 2. The lowest BCUT2D eigenvalue weighted by Crippen LogP contribution is -2.24. The summed E-state index contributed by atoms with van der Waals surface area (Å²) in [5.74, 6) is 0.994. The van der Waals surface area contributed by atoms with Gasteiger partial charge in [-0.1, -0.05) is 41.5 Å². The Labute approximate surface area is 131 Å². The normalized spacial score (nSPS) is 17.2. The molecule has 2 heteroatoms. The highest BCUT2D eigenvalue weighted by Gasteiger charge is 2.30. The van der Waals surface area contributed by atoms with E-state index in [0.717, 1.165) is 23.3 Å². The predicted molar refractivity (Wildman–Crippen MR) is 88.5 cm³/mol. The Morgan fingerprint density at radius 3 is 2.33 bits per heavy atom. The van der Waals surface area contributed by atoms with E-state index in [9.17, 15) is 0 Å². The van der Waals surface area contributed by atoms with Gasteiger partial charge in [0.15, 0.2) is 0 Å². The lowest BCUT2D eigenvalue weighted by Gasteiger charge is -2.16. The van der Waals surface area contributed by atoms with E-state index in [0.29, 0.717) is 0 Å². The van der Waals surface area contributed by atoms with Gasteiger partial charge < -0.3 is 4.74 Å². The summed E-state index contributed by atoms with van der Waals surface area (Å²) >= 11 is 6.71. The fraction of sp³-hybridized carbons (Fsp3) is 0.368. The molecule has 3 rings (SSSR count). The van der Waals surface area contributed by atoms with E-state index in [-0.39, 0.29) is 11.0 Å². The first-order valence-corrected chi connectivity index (χ1v) is 7.82. The van der Waals surface area contributed by atoms with Gasteiger partial charge in [0, 0.05) is 6.42 Å². The molecule has 0 N–H and O–H groups in total. The number of alkyl halides is 1. The molecule has 1 nitrogen and oxygen atoms in total. The highest BCUT2D eigenvalue weighted by molar-refractivity contribution is 6.22. The first-order chi connectivity index (χ1) is 9.84. The van der Waals surface area contributed by atoms with Crippen LogP contribution in [0.15, 0.2) is 36.4 Å². The van der Waals surface area contributed by atoms with E-state index in [1.54, 1.807) is 0 Å². The third kappa shape index (κ3) is 2.94. The maximum absolute atomic E-state index is 6.71. The second kappa shape index (κ2) is 5.06. The number of aryl methyl sites for hydroxylation is 2. The highest BCUT2D eigenvalue weighted by Crippen LogP contribution is 2.38. The third-order valence-electron chi connectivity index (χ3n) is 3.92. The van der Waals surface area contributed by atoms with Crippen LogP contribution in [-0.2, 0) is 6.42 Å². The molecule has 0 radical (unpaired) electrons. The van der Waals surface area contributed by atoms with Crippen LogP contribution in [0.4, 0.5) is 0 Å². The predicted octanol–water partition coefficient (Wildman–Crippen LogP) is 5.35. The number of halogens is 1. The van der Waals surface area contributed by atoms with Crippen molar-refractivity contribution in [2.24, 2.45) is 0 Å². The molecule has 21 heavy (non-hydrogen) atoms. The van der Waals surface area contributed by atoms with Gasteiger partial charge in [-0.2, -0.15) is 0 Å². The van der Waals surface area contributed by atoms with E-state index < -0.39 is 0 Å². The van der Waals surface area contributed by atoms with Crippen molar-refractivity contribution in [1.82, 2.24) is 0 Å². The average Bonchev–Trinajstić information content (AvgIpc) is 2.69. The Kier molecular flexibility index (Phi) is 3.49. The molecule has 1 aliphatic rings. The molecular weight excluding hydrogens is 280 g/mol. The van der Waals surface area contributed by atoms with Gasteiger partial charge in [0.1, 0.15) is 11.4 Å². The van der Waals surface area contributed by atoms with Crippen molar-refractivity contribution in [2.45, 2.75) is 45.1 Å². The molecule has 0 amide bonds. The molecule has 1 heterocycles. The van der Waals surface area contributed by atoms with Crippen molar-refractivity contribution >= 4 is 11.6 Å². The van der Waals surface area contributed by atoms with Gasteiger partial charge in [-0.25, -0.2) is 0 Å². The summed E-state index contributed by atoms with van der Waals surface area (Å²) in [6.07, 6.45) is 0.937. The van der Waals surface area contributed by atoms with Gasteiger partial charge in [-0.3, -0.25) is 0 Å². The molecule has 2 aromatic rings. The number of hydrogen-bond donors (Lipinski definition) is 0. The van der Waals surface area contributed by atoms with Crippen LogP contribution in [0.25, 0.3) is 0 Å². The lowest BCUT2D eigenvalue weighted by atomic mass is 9.96. The van der Waals surface area contributed by atoms with Crippen molar-refractivity contribution < 1.29 is 4.74 Å². The van der Waals surface area contributed by atoms with Gasteiger partial charge in [0.05, 0.1) is 5.38 Å². The number of benzene rings is 2. The Morgan fingerprint density at radius 2 is 1.67 bits per heavy atom. The summed E-state index contributed by atoms with van der Waals surface area (Å²) < 4.78 is 5.93. The second-order valence-electron chi connectivity index (χ2n) is 6.69. The molecule has 0 aliphatic carbocycles. The third-order valence-corrected chi connectivity index (χ3v) is 4.42. The van der Waals surface area contributed by atoms with Gasteiger partial charge in [0.25, 0.3) is 0 Å². The molecular formula is C19H21ClO. The van der Waals surface area contributed by atoms with Crippen LogP contribution in [-0.4, -0.2) is 5.60 Å². The highest BCUT2D eigenvalue weighted by atomic mass is 35.5. The van der Waals surface area contributed by atoms with E-state index in [1.807, 2.05) is 0 Å². The van der Waals surface area contributed by atoms with E-state index in [1.165, 1.54) is 16.7 Å². The molecule has 0 spiro atoms. The van der Waals surface area contributed by atoms with Gasteiger partial charge in [-0.05, 0) is 50.5 Å². The number of hydrogen-bond acceptors (Lipinski definition) is 1. The van der Waals surface area contributed by atoms with Crippen molar-refractivity contribution in [3.8, 4) is 5.75 Å². The van der Waals surface area contributed by atoms with Crippen LogP contribution < -0.4 is 4.74 Å². The molecule has 0 aromatic heterocycles. The number of fused-ring (bicyclic) bond motifs is 1. The first kappa shape index (κ1) is 14.5. The molecule has 0 bridgehead atoms. The minimum absolute atomic E-state index is 0.108. The van der Waals surface area contributed by atoms with E-state index in [2.05, 4.69) is 64.1 Å². The van der Waals surface area contributed by atoms with Crippen molar-refractivity contribution in [1.29, 1.82) is 0 Å². The molecule has 0 fully saturated rings. The minimum Gasteiger partial charge on any atom is -0.487 e. The summed E-state index contributed by atoms with van der Waals surface area (Å²) in [7, 11) is 0. The topological polar surface area (TPSA) is 9.23 Å². The quantitative estimate of drug-likeness (QED) is 0.680. The van der Waals surface area contributed by atoms with E-state index >= 15 is 0 Å². The minimum atomic E-state index is -0.113. The maximum Gasteiger partial charge on any atom is 0.123 e. The first-order valence-electron chi connectivity index (χ1n) is 7.38. The van der Waals surface area contributed by atoms with Crippen LogP contribution >= 0.6 is 11.6 Å². The Balaban J connectivity index is 1.95. The van der Waals surface area contributed by atoms with Gasteiger partial charge in [0.2, 0.25) is 0 Å². The Morgan fingerprint density at radius 1 is 1.00 bits per heavy atom. The van der Waals surface area contributed by atoms with Crippen LogP contribution in [0.5, 0.6) is 5.75 Å². The second-order valence-corrected chi connectivity index (χ2v) is 7.13. The zero-order chi connectivity index (χ0) is 15.2. The fourth-order valence-electron chi connectivity index (χ4n) is 3.14. The lowest BCUT2D eigenvalue weighted by molar-refractivity contribution is 0.138. The van der Waals surface area contributed by atoms with Crippen LogP contribution in [0.1, 0.15) is 47.0 Å². The van der Waals surface area contributed by atoms with Crippen molar-refractivity contribution in [2.75, 3.05) is 0 Å². The molecule has 1 aliphatic heterocycles. The summed E-state index contributed by atoms with van der Waals surface area (Å²) in [5, 5.41) is -0.113. The fourth-order valence-corrected chi connectivity index (χ4v) is 3.40. The summed E-state index contributed by atoms with van der Waals surface area (Å²) in [6, 6.07) is 12.8. The Bertz CT molecular complexity index is 668. The largest absolute Gasteiger partial charge is 0.487 e. The van der Waals surface area contributed by atoms with Gasteiger partial charge >= 0.3 is 0 Å². The zero-order valence-electron chi connectivity index (χ0n) is 13.0. The summed E-state index contributed by atoms with van der Waals surface area (Å²) in [4.78, 5) is 0. The zero-order valence-corrected chi connectivity index (χ0v) is 13.8. The SMILES string of the molecule is Cc1cc(C)cc(C(Cl)c2ccc3c(c2)CC(C)(C)O3)c1. The van der Waals surface area contributed by atoms with E-state index in [4.69, 9.17) is 16.3 Å². The van der Waals surface area contributed by atoms with Crippen LogP contribution in [0.2, 0.25) is 0 Å². The molecule has 0 saturated heterocycles. The average molecular weight is 301 g/mol. The van der Waals surface area contributed by atoms with Crippen molar-refractivity contribution in [3.63, 3.8) is 0 Å². The molecule has 0 saturated carbocycles. The van der Waals surface area contributed by atoms with Crippen LogP contribution in [0.3, 0.4) is 0 Å². The summed E-state index contributed by atoms with van der Waals surface area (Å²) in [6.45, 7) is 8.46. The maximum atomic E-state index is 6.71. The molecule has 1 unspecified atom stereocenters. The molecule has 1 atom stereocenters. The monoisotopic (exact) mass is 300 g/mol. The molecule has 2 aromatic carbocycles.